The molecule has 1 aliphatic rings. The Morgan fingerprint density at radius 3 is 2.33 bits per heavy atom. The molecule has 2 unspecified atom stereocenters. The summed E-state index contributed by atoms with van der Waals surface area (Å²) in [6.45, 7) is 9.92. The number of Topliss-reactive ketones (excluding diaryl/α,β-unsaturated/α-hetero) is 1. The molecule has 0 aromatic carbocycles. The van der Waals surface area contributed by atoms with Gasteiger partial charge in [0.1, 0.15) is 5.78 Å². The Kier molecular flexibility index (Phi) is 3.27. The van der Waals surface area contributed by atoms with Gasteiger partial charge in [0.05, 0.1) is 11.2 Å². The van der Waals surface area contributed by atoms with Crippen LogP contribution < -0.4 is 5.73 Å². The fraction of sp³-hybridized carbons (Fsp3) is 0.917. The van der Waals surface area contributed by atoms with Crippen molar-refractivity contribution in [2.24, 2.45) is 11.7 Å². The minimum Gasteiger partial charge on any atom is -0.369 e. The van der Waals surface area contributed by atoms with Gasteiger partial charge in [-0.3, -0.25) is 4.79 Å². The lowest BCUT2D eigenvalue weighted by atomic mass is 9.82. The van der Waals surface area contributed by atoms with Gasteiger partial charge in [-0.2, -0.15) is 0 Å². The highest BCUT2D eigenvalue weighted by molar-refractivity contribution is 5.83. The van der Waals surface area contributed by atoms with E-state index in [0.29, 0.717) is 6.42 Å². The van der Waals surface area contributed by atoms with Crippen LogP contribution in [0.15, 0.2) is 0 Å². The summed E-state index contributed by atoms with van der Waals surface area (Å²) in [6, 6.07) is -0.0583. The van der Waals surface area contributed by atoms with E-state index in [1.165, 1.54) is 0 Å². The van der Waals surface area contributed by atoms with E-state index in [-0.39, 0.29) is 28.9 Å². The van der Waals surface area contributed by atoms with E-state index in [2.05, 4.69) is 0 Å². The largest absolute Gasteiger partial charge is 0.369 e. The normalized spacial score (nSPS) is 30.1. The number of ketones is 1. The Labute approximate surface area is 92.4 Å². The summed E-state index contributed by atoms with van der Waals surface area (Å²) in [6.07, 6.45) is 1.25. The molecule has 3 heteroatoms. The number of rotatable bonds is 3. The first kappa shape index (κ1) is 12.7. The van der Waals surface area contributed by atoms with Crippen molar-refractivity contribution in [2.75, 3.05) is 0 Å². The zero-order valence-corrected chi connectivity index (χ0v) is 10.5. The van der Waals surface area contributed by atoms with Gasteiger partial charge in [0, 0.05) is 18.4 Å². The van der Waals surface area contributed by atoms with Crippen LogP contribution in [-0.4, -0.2) is 23.0 Å². The fourth-order valence-electron chi connectivity index (χ4n) is 2.52. The van der Waals surface area contributed by atoms with Crippen molar-refractivity contribution in [1.82, 2.24) is 0 Å². The topological polar surface area (TPSA) is 52.3 Å². The highest BCUT2D eigenvalue weighted by Gasteiger charge is 2.48. The van der Waals surface area contributed by atoms with E-state index < -0.39 is 0 Å². The zero-order chi connectivity index (χ0) is 11.9. The quantitative estimate of drug-likeness (QED) is 0.779. The Bertz CT molecular complexity index is 256. The van der Waals surface area contributed by atoms with Crippen LogP contribution in [0.3, 0.4) is 0 Å². The number of carbonyl (C=O) groups is 1. The molecule has 0 bridgehead atoms. The lowest BCUT2D eigenvalue weighted by Crippen LogP contribution is -2.35. The highest BCUT2D eigenvalue weighted by atomic mass is 16.5. The molecule has 0 radical (unpaired) electrons. The molecule has 1 heterocycles. The standard InChI is InChI=1S/C12H23NO2/c1-8(13)6-10(14)9-7-11(2,3)15-12(9,4)5/h8-9H,6-7,13H2,1-5H3. The van der Waals surface area contributed by atoms with E-state index in [4.69, 9.17) is 10.5 Å². The van der Waals surface area contributed by atoms with Crippen molar-refractivity contribution in [3.8, 4) is 0 Å². The van der Waals surface area contributed by atoms with Gasteiger partial charge < -0.3 is 10.5 Å². The molecule has 1 fully saturated rings. The van der Waals surface area contributed by atoms with E-state index >= 15 is 0 Å². The van der Waals surface area contributed by atoms with Crippen LogP contribution in [0.1, 0.15) is 47.5 Å². The van der Waals surface area contributed by atoms with Crippen molar-refractivity contribution < 1.29 is 9.53 Å². The first-order valence-electron chi connectivity index (χ1n) is 5.62. The van der Waals surface area contributed by atoms with Crippen LogP contribution in [0.2, 0.25) is 0 Å². The van der Waals surface area contributed by atoms with Crippen LogP contribution in [-0.2, 0) is 9.53 Å². The maximum absolute atomic E-state index is 12.0. The molecule has 3 nitrogen and oxygen atoms in total. The molecular formula is C12H23NO2. The van der Waals surface area contributed by atoms with E-state index in [9.17, 15) is 4.79 Å². The summed E-state index contributed by atoms with van der Waals surface area (Å²) in [5.74, 6) is 0.221. The number of hydrogen-bond acceptors (Lipinski definition) is 3. The van der Waals surface area contributed by atoms with Crippen LogP contribution >= 0.6 is 0 Å². The van der Waals surface area contributed by atoms with E-state index in [1.54, 1.807) is 0 Å². The molecule has 0 aromatic heterocycles. The summed E-state index contributed by atoms with van der Waals surface area (Å²) in [4.78, 5) is 12.0. The smallest absolute Gasteiger partial charge is 0.140 e. The van der Waals surface area contributed by atoms with Crippen LogP contribution in [0, 0.1) is 5.92 Å². The summed E-state index contributed by atoms with van der Waals surface area (Å²) < 4.78 is 5.89. The minimum atomic E-state index is -0.352. The third kappa shape index (κ3) is 3.02. The van der Waals surface area contributed by atoms with Crippen molar-refractivity contribution >= 4 is 5.78 Å². The van der Waals surface area contributed by atoms with Gasteiger partial charge in [0.25, 0.3) is 0 Å². The molecule has 0 saturated carbocycles. The highest BCUT2D eigenvalue weighted by Crippen LogP contribution is 2.42. The average molecular weight is 213 g/mol. The molecule has 0 amide bonds. The SMILES string of the molecule is CC(N)CC(=O)C1CC(C)(C)OC1(C)C. The zero-order valence-electron chi connectivity index (χ0n) is 10.5. The first-order valence-corrected chi connectivity index (χ1v) is 5.62. The molecule has 88 valence electrons. The van der Waals surface area contributed by atoms with E-state index in [0.717, 1.165) is 6.42 Å². The molecular weight excluding hydrogens is 190 g/mol. The van der Waals surface area contributed by atoms with Gasteiger partial charge in [-0.15, -0.1) is 0 Å². The lowest BCUT2D eigenvalue weighted by Gasteiger charge is -2.26. The predicted molar refractivity (Wildman–Crippen MR) is 60.6 cm³/mol. The lowest BCUT2D eigenvalue weighted by molar-refractivity contribution is -0.129. The molecule has 0 aliphatic carbocycles. The van der Waals surface area contributed by atoms with Crippen molar-refractivity contribution in [3.63, 3.8) is 0 Å². The van der Waals surface area contributed by atoms with Crippen LogP contribution in [0.4, 0.5) is 0 Å². The van der Waals surface area contributed by atoms with Gasteiger partial charge in [0.15, 0.2) is 0 Å². The van der Waals surface area contributed by atoms with Crippen LogP contribution in [0.5, 0.6) is 0 Å². The summed E-state index contributed by atoms with van der Waals surface area (Å²) in [7, 11) is 0. The van der Waals surface area contributed by atoms with E-state index in [1.807, 2.05) is 34.6 Å². The predicted octanol–water partition coefficient (Wildman–Crippen LogP) is 1.89. The molecule has 0 aromatic rings. The number of carbonyl (C=O) groups excluding carboxylic acids is 1. The number of ether oxygens (including phenoxy) is 1. The van der Waals surface area contributed by atoms with Gasteiger partial charge in [0.2, 0.25) is 0 Å². The summed E-state index contributed by atoms with van der Waals surface area (Å²) >= 11 is 0. The number of hydrogen-bond donors (Lipinski definition) is 1. The Balaban J connectivity index is 2.74. The Morgan fingerprint density at radius 2 is 2.00 bits per heavy atom. The van der Waals surface area contributed by atoms with Crippen molar-refractivity contribution in [3.05, 3.63) is 0 Å². The van der Waals surface area contributed by atoms with Gasteiger partial charge >= 0.3 is 0 Å². The third-order valence-electron chi connectivity index (χ3n) is 2.99. The van der Waals surface area contributed by atoms with Crippen molar-refractivity contribution in [2.45, 2.75) is 64.7 Å². The summed E-state index contributed by atoms with van der Waals surface area (Å²) in [5, 5.41) is 0. The minimum absolute atomic E-state index is 0.0153. The van der Waals surface area contributed by atoms with Crippen LogP contribution in [0.25, 0.3) is 0 Å². The first-order chi connectivity index (χ1) is 6.64. The Hall–Kier alpha value is -0.410. The third-order valence-corrected chi connectivity index (χ3v) is 2.99. The summed E-state index contributed by atoms with van der Waals surface area (Å²) in [5.41, 5.74) is 5.11. The average Bonchev–Trinajstić information content (AvgIpc) is 2.17. The Morgan fingerprint density at radius 1 is 1.47 bits per heavy atom. The maximum Gasteiger partial charge on any atom is 0.140 e. The molecule has 0 spiro atoms. The maximum atomic E-state index is 12.0. The fourth-order valence-corrected chi connectivity index (χ4v) is 2.52. The van der Waals surface area contributed by atoms with Gasteiger partial charge in [-0.25, -0.2) is 0 Å². The number of nitrogens with two attached hydrogens (primary N) is 1. The molecule has 1 aliphatic heterocycles. The molecule has 1 saturated heterocycles. The monoisotopic (exact) mass is 213 g/mol. The second-order valence-corrected chi connectivity index (χ2v) is 5.87. The molecule has 2 N–H and O–H groups in total. The van der Waals surface area contributed by atoms with Crippen molar-refractivity contribution in [1.29, 1.82) is 0 Å². The molecule has 15 heavy (non-hydrogen) atoms. The second-order valence-electron chi connectivity index (χ2n) is 5.87. The molecule has 1 rings (SSSR count). The van der Waals surface area contributed by atoms with Gasteiger partial charge in [-0.1, -0.05) is 0 Å². The van der Waals surface area contributed by atoms with Gasteiger partial charge in [-0.05, 0) is 41.0 Å². The second kappa shape index (κ2) is 3.87. The molecule has 2 atom stereocenters.